The van der Waals surface area contributed by atoms with Crippen LogP contribution in [0.15, 0.2) is 24.3 Å². The zero-order valence-corrected chi connectivity index (χ0v) is 22.7. The second-order valence-corrected chi connectivity index (χ2v) is 11.6. The van der Waals surface area contributed by atoms with Gasteiger partial charge in [0.15, 0.2) is 11.5 Å². The number of carboxylic acid groups (broad SMARTS) is 1. The Morgan fingerprint density at radius 3 is 2.74 bits per heavy atom. The van der Waals surface area contributed by atoms with Crippen molar-refractivity contribution in [1.29, 1.82) is 0 Å². The number of nitrogens with one attached hydrogen (secondary N) is 2. The average Bonchev–Trinajstić information content (AvgIpc) is 3.23. The largest absolute Gasteiger partial charge is 0.493 e. The van der Waals surface area contributed by atoms with Crippen LogP contribution in [0.1, 0.15) is 50.7 Å². The minimum atomic E-state index is -1.04. The van der Waals surface area contributed by atoms with Crippen LogP contribution in [-0.4, -0.2) is 73.2 Å². The molecule has 0 radical (unpaired) electrons. The van der Waals surface area contributed by atoms with Crippen molar-refractivity contribution < 1.29 is 29.0 Å². The summed E-state index contributed by atoms with van der Waals surface area (Å²) in [7, 11) is 3.88. The van der Waals surface area contributed by atoms with Crippen LogP contribution in [-0.2, 0) is 26.2 Å². The lowest BCUT2D eigenvalue weighted by Gasteiger charge is -2.57. The molecule has 5 rings (SSSR count). The first-order valence-electron chi connectivity index (χ1n) is 13.7. The lowest BCUT2D eigenvalue weighted by atomic mass is 9.52. The first-order valence-corrected chi connectivity index (χ1v) is 13.7. The van der Waals surface area contributed by atoms with Gasteiger partial charge in [-0.1, -0.05) is 32.1 Å². The molecule has 9 nitrogen and oxygen atoms in total. The monoisotopic (exact) mass is 525 g/mol. The maximum absolute atomic E-state index is 13.0. The summed E-state index contributed by atoms with van der Waals surface area (Å²) in [6, 6.07) is 3.69. The predicted octanol–water partition coefficient (Wildman–Crippen LogP) is 2.27. The van der Waals surface area contributed by atoms with Crippen LogP contribution in [0.2, 0.25) is 0 Å². The maximum Gasteiger partial charge on any atom is 0.326 e. The Morgan fingerprint density at radius 1 is 1.24 bits per heavy atom. The second-order valence-electron chi connectivity index (χ2n) is 11.6. The Hall–Kier alpha value is -3.07. The van der Waals surface area contributed by atoms with E-state index in [4.69, 9.17) is 9.47 Å². The minimum absolute atomic E-state index is 0.0657. The smallest absolute Gasteiger partial charge is 0.326 e. The molecule has 206 valence electrons. The summed E-state index contributed by atoms with van der Waals surface area (Å²) in [6.45, 7) is 4.85. The number of nitrogens with zero attached hydrogens (tertiary/aromatic N) is 1. The van der Waals surface area contributed by atoms with Crippen LogP contribution < -0.4 is 20.1 Å². The van der Waals surface area contributed by atoms with Gasteiger partial charge >= 0.3 is 5.97 Å². The van der Waals surface area contributed by atoms with Crippen LogP contribution in [0.25, 0.3) is 0 Å². The summed E-state index contributed by atoms with van der Waals surface area (Å²) in [6.07, 6.45) is 7.24. The molecule has 2 amide bonds. The van der Waals surface area contributed by atoms with Crippen molar-refractivity contribution in [2.24, 2.45) is 17.8 Å². The summed E-state index contributed by atoms with van der Waals surface area (Å²) in [5.41, 5.74) is 2.47. The van der Waals surface area contributed by atoms with Gasteiger partial charge in [0, 0.05) is 48.2 Å². The van der Waals surface area contributed by atoms with E-state index in [9.17, 15) is 19.5 Å². The van der Waals surface area contributed by atoms with Crippen LogP contribution in [0, 0.1) is 17.8 Å². The first kappa shape index (κ1) is 26.5. The van der Waals surface area contributed by atoms with Crippen molar-refractivity contribution in [2.75, 3.05) is 27.2 Å². The van der Waals surface area contributed by atoms with E-state index in [2.05, 4.69) is 40.8 Å². The quantitative estimate of drug-likeness (QED) is 0.317. The first-order chi connectivity index (χ1) is 18.2. The van der Waals surface area contributed by atoms with Gasteiger partial charge < -0.3 is 30.1 Å². The molecule has 2 unspecified atom stereocenters. The molecular formula is C29H39N3O6. The summed E-state index contributed by atoms with van der Waals surface area (Å²) in [5, 5.41) is 14.8. The highest BCUT2D eigenvalue weighted by Gasteiger charge is 2.64. The van der Waals surface area contributed by atoms with Gasteiger partial charge in [0.05, 0.1) is 7.11 Å². The molecule has 1 saturated heterocycles. The molecule has 2 aliphatic carbocycles. The van der Waals surface area contributed by atoms with Gasteiger partial charge in [-0.25, -0.2) is 4.79 Å². The van der Waals surface area contributed by atoms with Gasteiger partial charge in [0.2, 0.25) is 11.8 Å². The molecular weight excluding hydrogens is 486 g/mol. The fourth-order valence-corrected chi connectivity index (χ4v) is 7.21. The van der Waals surface area contributed by atoms with Gasteiger partial charge in [-0.2, -0.15) is 0 Å². The number of carboxylic acids is 1. The number of carbonyl (C=O) groups is 3. The number of ether oxygens (including phenoxy) is 2. The number of amides is 2. The van der Waals surface area contributed by atoms with Crippen molar-refractivity contribution in [3.8, 4) is 11.5 Å². The Labute approximate surface area is 223 Å². The van der Waals surface area contributed by atoms with Crippen molar-refractivity contribution >= 4 is 17.8 Å². The van der Waals surface area contributed by atoms with Crippen LogP contribution in [0.4, 0.5) is 0 Å². The number of likely N-dealkylation sites (tertiary alicyclic amines) is 1. The lowest BCUT2D eigenvalue weighted by Crippen LogP contribution is -2.64. The molecule has 2 aliphatic heterocycles. The van der Waals surface area contributed by atoms with E-state index in [0.29, 0.717) is 31.3 Å². The van der Waals surface area contributed by atoms with E-state index in [0.717, 1.165) is 30.9 Å². The van der Waals surface area contributed by atoms with E-state index in [1.54, 1.807) is 21.0 Å². The average molecular weight is 526 g/mol. The number of hydrogen-bond acceptors (Lipinski definition) is 6. The summed E-state index contributed by atoms with van der Waals surface area (Å²) >= 11 is 0. The molecule has 2 bridgehead atoms. The van der Waals surface area contributed by atoms with Gasteiger partial charge in [0.25, 0.3) is 0 Å². The third-order valence-electron chi connectivity index (χ3n) is 9.06. The molecule has 0 saturated carbocycles. The number of aliphatic carboxylic acids is 1. The summed E-state index contributed by atoms with van der Waals surface area (Å²) in [5.74, 6) is 0.233. The van der Waals surface area contributed by atoms with Crippen molar-refractivity contribution in [1.82, 2.24) is 15.5 Å². The van der Waals surface area contributed by atoms with Gasteiger partial charge in [-0.05, 0) is 50.4 Å². The van der Waals surface area contributed by atoms with Crippen LogP contribution in [0.5, 0.6) is 11.5 Å². The number of piperidine rings is 1. The number of methoxy groups -OCH3 is 1. The Balaban J connectivity index is 1.23. The highest BCUT2D eigenvalue weighted by atomic mass is 16.5. The minimum Gasteiger partial charge on any atom is -0.493 e. The molecule has 38 heavy (non-hydrogen) atoms. The number of likely N-dealkylation sites (N-methyl/N-ethyl adjacent to an activating group) is 1. The molecule has 3 N–H and O–H groups in total. The summed E-state index contributed by atoms with van der Waals surface area (Å²) < 4.78 is 12.4. The number of hydrogen-bond donors (Lipinski definition) is 3. The van der Waals surface area contributed by atoms with Crippen molar-refractivity contribution in [3.63, 3.8) is 0 Å². The maximum atomic E-state index is 13.0. The van der Waals surface area contributed by atoms with Gasteiger partial charge in [-0.15, -0.1) is 0 Å². The fourth-order valence-electron chi connectivity index (χ4n) is 7.21. The zero-order chi connectivity index (χ0) is 27.2. The number of rotatable bonds is 10. The molecule has 2 heterocycles. The second kappa shape index (κ2) is 10.2. The molecule has 1 aromatic rings. The van der Waals surface area contributed by atoms with E-state index < -0.39 is 12.0 Å². The van der Waals surface area contributed by atoms with Crippen molar-refractivity contribution in [2.45, 2.75) is 69.6 Å². The predicted molar refractivity (Wildman–Crippen MR) is 141 cm³/mol. The van der Waals surface area contributed by atoms with Crippen molar-refractivity contribution in [3.05, 3.63) is 35.4 Å². The molecule has 4 aliphatic rings. The molecule has 6 atom stereocenters. The van der Waals surface area contributed by atoms with Gasteiger partial charge in [0.1, 0.15) is 12.1 Å². The third-order valence-corrected chi connectivity index (χ3v) is 9.06. The third kappa shape index (κ3) is 4.34. The molecule has 9 heteroatoms. The van der Waals surface area contributed by atoms with Gasteiger partial charge in [-0.3, -0.25) is 9.59 Å². The number of carbonyl (C=O) groups excluding carboxylic acids is 2. The van der Waals surface area contributed by atoms with Crippen LogP contribution in [0.3, 0.4) is 0 Å². The highest BCUT2D eigenvalue weighted by Crippen LogP contribution is 2.63. The molecule has 0 aromatic heterocycles. The standard InChI is InChI=1S/C29H39N3O6/c1-16(2)25(28(35)36)31-22(33)6-5-12-30-23(34)15-18-7-9-19-20-14-17-8-10-21(37-4)26-24(17)29(19,27(18)38-26)11-13-32(20)3/h7-10,16,18-20,25,27H,5-6,11-15H2,1-4H3,(H,30,34)(H,31,33)(H,35,36)/t18-,19?,20-,25?,27+,29+/m1/s1. The summed E-state index contributed by atoms with van der Waals surface area (Å²) in [4.78, 5) is 38.9. The SMILES string of the molecule is COc1ccc2c3c1O[C@H]1[C@@H](CC(=O)NCCCC(=O)NC(C(=O)O)C(C)C)C=CC4[C@@H](C2)N(C)CC[C@@]341. The Bertz CT molecular complexity index is 1150. The van der Waals surface area contributed by atoms with E-state index in [1.807, 2.05) is 6.07 Å². The topological polar surface area (TPSA) is 117 Å². The normalized spacial score (nSPS) is 29.3. The number of benzene rings is 1. The zero-order valence-electron chi connectivity index (χ0n) is 22.7. The molecule has 1 aromatic carbocycles. The van der Waals surface area contributed by atoms with E-state index >= 15 is 0 Å². The molecule has 1 fully saturated rings. The fraction of sp³-hybridized carbons (Fsp3) is 0.621. The highest BCUT2D eigenvalue weighted by molar-refractivity contribution is 5.83. The van der Waals surface area contributed by atoms with E-state index in [-0.39, 0.29) is 41.6 Å². The van der Waals surface area contributed by atoms with E-state index in [1.165, 1.54) is 11.1 Å². The lowest BCUT2D eigenvalue weighted by molar-refractivity contribution is -0.143. The molecule has 1 spiro atoms. The van der Waals surface area contributed by atoms with Crippen LogP contribution >= 0.6 is 0 Å². The Kier molecular flexibility index (Phi) is 7.15. The Morgan fingerprint density at radius 2 is 2.03 bits per heavy atom.